The summed E-state index contributed by atoms with van der Waals surface area (Å²) in [5.74, 6) is -0.640. The number of rotatable bonds is 14. The molecule has 2 aliphatic heterocycles. The number of carbonyl (C=O) groups excluding carboxylic acids is 3. The van der Waals surface area contributed by atoms with Gasteiger partial charge in [0.1, 0.15) is 6.04 Å². The number of hydrogen-bond donors (Lipinski definition) is 2. The van der Waals surface area contributed by atoms with E-state index in [4.69, 9.17) is 14.3 Å². The number of H-pyrrole nitrogens is 1. The van der Waals surface area contributed by atoms with Gasteiger partial charge in [0.25, 0.3) is 5.91 Å². The van der Waals surface area contributed by atoms with Crippen molar-refractivity contribution in [2.75, 3.05) is 33.9 Å². The zero-order valence-electron chi connectivity index (χ0n) is 26.5. The average Bonchev–Trinajstić information content (AvgIpc) is 3.68. The molecule has 2 aliphatic rings. The zero-order chi connectivity index (χ0) is 30.9. The largest absolute Gasteiger partial charge is 0.381 e. The number of hydroxylamine groups is 2. The van der Waals surface area contributed by atoms with Gasteiger partial charge in [-0.1, -0.05) is 45.4 Å². The van der Waals surface area contributed by atoms with Gasteiger partial charge in [-0.15, -0.1) is 0 Å². The fourth-order valence-electron chi connectivity index (χ4n) is 6.45. The van der Waals surface area contributed by atoms with Crippen LogP contribution in [0.4, 0.5) is 0 Å². The van der Waals surface area contributed by atoms with E-state index in [2.05, 4.69) is 24.1 Å². The average molecular weight is 599 g/mol. The van der Waals surface area contributed by atoms with E-state index >= 15 is 0 Å². The van der Waals surface area contributed by atoms with Crippen LogP contribution in [0.2, 0.25) is 0 Å². The minimum Gasteiger partial charge on any atom is -0.381 e. The van der Waals surface area contributed by atoms with Crippen molar-refractivity contribution in [1.29, 1.82) is 0 Å². The molecule has 1 aromatic heterocycles. The molecule has 1 aromatic carbocycles. The van der Waals surface area contributed by atoms with E-state index in [-0.39, 0.29) is 29.9 Å². The Hall–Kier alpha value is -2.95. The SMILES string of the molecule is CC[C@H](C)C[C@@H](CC(=O)N1CCC[C@H]1[C@H](OC)[C@@H](C)C(=O)N[C@@H](Cc1c[nH]c2ccccc12)C(=O)N1CCCCO1)OC. The molecule has 0 bridgehead atoms. The number of nitrogens with zero attached hydrogens (tertiary/aromatic N) is 2. The molecule has 2 fully saturated rings. The Labute approximate surface area is 255 Å². The molecule has 43 heavy (non-hydrogen) atoms. The highest BCUT2D eigenvalue weighted by atomic mass is 16.7. The fourth-order valence-corrected chi connectivity index (χ4v) is 6.45. The van der Waals surface area contributed by atoms with E-state index in [9.17, 15) is 14.4 Å². The molecule has 238 valence electrons. The summed E-state index contributed by atoms with van der Waals surface area (Å²) >= 11 is 0. The highest BCUT2D eigenvalue weighted by molar-refractivity contribution is 5.90. The fraction of sp³-hybridized carbons (Fsp3) is 0.667. The van der Waals surface area contributed by atoms with Crippen LogP contribution in [0.5, 0.6) is 0 Å². The number of likely N-dealkylation sites (tertiary alicyclic amines) is 1. The first-order chi connectivity index (χ1) is 20.8. The molecule has 2 aromatic rings. The number of hydrogen-bond acceptors (Lipinski definition) is 6. The van der Waals surface area contributed by atoms with E-state index in [0.29, 0.717) is 38.5 Å². The summed E-state index contributed by atoms with van der Waals surface area (Å²) < 4.78 is 11.6. The van der Waals surface area contributed by atoms with Gasteiger partial charge in [-0.2, -0.15) is 0 Å². The van der Waals surface area contributed by atoms with Crippen LogP contribution in [0, 0.1) is 11.8 Å². The second-order valence-corrected chi connectivity index (χ2v) is 12.2. The van der Waals surface area contributed by atoms with Crippen molar-refractivity contribution in [3.05, 3.63) is 36.0 Å². The first kappa shape index (κ1) is 33.0. The summed E-state index contributed by atoms with van der Waals surface area (Å²) in [5, 5.41) is 5.45. The Kier molecular flexibility index (Phi) is 12.0. The molecule has 3 amide bonds. The molecule has 2 N–H and O–H groups in total. The minimum atomic E-state index is -0.811. The summed E-state index contributed by atoms with van der Waals surface area (Å²) in [6.45, 7) is 7.73. The van der Waals surface area contributed by atoms with Crippen molar-refractivity contribution in [3.63, 3.8) is 0 Å². The highest BCUT2D eigenvalue weighted by Gasteiger charge is 2.41. The number of ether oxygens (including phenoxy) is 2. The number of nitrogens with one attached hydrogen (secondary N) is 2. The van der Waals surface area contributed by atoms with Crippen molar-refractivity contribution >= 4 is 28.6 Å². The Balaban J connectivity index is 1.48. The van der Waals surface area contributed by atoms with E-state index in [1.807, 2.05) is 42.3 Å². The van der Waals surface area contributed by atoms with Crippen LogP contribution < -0.4 is 5.32 Å². The maximum atomic E-state index is 13.8. The molecule has 0 radical (unpaired) electrons. The lowest BCUT2D eigenvalue weighted by molar-refractivity contribution is -0.199. The molecule has 0 saturated carbocycles. The van der Waals surface area contributed by atoms with E-state index in [1.54, 1.807) is 14.2 Å². The lowest BCUT2D eigenvalue weighted by atomic mass is 9.93. The van der Waals surface area contributed by atoms with Crippen LogP contribution in [0.15, 0.2) is 30.5 Å². The second kappa shape index (κ2) is 15.7. The third kappa shape index (κ3) is 8.16. The van der Waals surface area contributed by atoms with E-state index in [0.717, 1.165) is 55.0 Å². The van der Waals surface area contributed by atoms with Gasteiger partial charge in [0.2, 0.25) is 11.8 Å². The number of amides is 3. The van der Waals surface area contributed by atoms with E-state index in [1.165, 1.54) is 5.06 Å². The number of methoxy groups -OCH3 is 2. The molecule has 0 spiro atoms. The Morgan fingerprint density at radius 1 is 1.09 bits per heavy atom. The molecular weight excluding hydrogens is 548 g/mol. The molecule has 2 saturated heterocycles. The van der Waals surface area contributed by atoms with Crippen molar-refractivity contribution in [2.24, 2.45) is 11.8 Å². The van der Waals surface area contributed by atoms with Crippen LogP contribution >= 0.6 is 0 Å². The number of para-hydroxylation sites is 1. The van der Waals surface area contributed by atoms with Crippen LogP contribution in [0.3, 0.4) is 0 Å². The number of fused-ring (bicyclic) bond motifs is 1. The molecule has 3 heterocycles. The standard InChI is InChI=1S/C33H50N4O6/c1-6-22(2)18-25(41-4)20-30(38)36-15-11-14-29(36)31(42-5)23(3)32(39)35-28(33(40)37-16-9-10-17-43-37)19-24-21-34-27-13-8-7-12-26(24)27/h7-8,12-13,21-23,25,28-29,31,34H,6,9-11,14-20H2,1-5H3,(H,35,39)/t22-,23+,25-,28-,29-,31+/m0/s1. The van der Waals surface area contributed by atoms with Gasteiger partial charge in [-0.3, -0.25) is 19.2 Å². The monoisotopic (exact) mass is 598 g/mol. The summed E-state index contributed by atoms with van der Waals surface area (Å²) in [6.07, 6.45) is 7.09. The third-order valence-corrected chi connectivity index (χ3v) is 9.24. The molecule has 0 unspecified atom stereocenters. The minimum absolute atomic E-state index is 0.0296. The highest BCUT2D eigenvalue weighted by Crippen LogP contribution is 2.29. The first-order valence-corrected chi connectivity index (χ1v) is 15.9. The molecule has 10 nitrogen and oxygen atoms in total. The number of carbonyl (C=O) groups is 3. The quantitative estimate of drug-likeness (QED) is 0.337. The first-order valence-electron chi connectivity index (χ1n) is 15.9. The van der Waals surface area contributed by atoms with Crippen molar-refractivity contribution in [1.82, 2.24) is 20.3 Å². The smallest absolute Gasteiger partial charge is 0.269 e. The van der Waals surface area contributed by atoms with Crippen LogP contribution in [0.1, 0.15) is 71.3 Å². The lowest BCUT2D eigenvalue weighted by Gasteiger charge is -2.35. The van der Waals surface area contributed by atoms with Crippen LogP contribution in [-0.4, -0.2) is 90.9 Å². The normalized spacial score (nSPS) is 20.9. The van der Waals surface area contributed by atoms with Gasteiger partial charge in [-0.25, -0.2) is 5.06 Å². The van der Waals surface area contributed by atoms with Gasteiger partial charge in [0, 0.05) is 50.8 Å². The van der Waals surface area contributed by atoms with Crippen LogP contribution in [-0.2, 0) is 35.1 Å². The maximum Gasteiger partial charge on any atom is 0.269 e. The summed E-state index contributed by atoms with van der Waals surface area (Å²) in [5.41, 5.74) is 1.92. The number of benzene rings is 1. The lowest BCUT2D eigenvalue weighted by Crippen LogP contribution is -2.55. The third-order valence-electron chi connectivity index (χ3n) is 9.24. The van der Waals surface area contributed by atoms with Crippen LogP contribution in [0.25, 0.3) is 10.9 Å². The Bertz CT molecular complexity index is 1210. The molecular formula is C33H50N4O6. The summed E-state index contributed by atoms with van der Waals surface area (Å²) in [6, 6.07) is 6.87. The molecule has 6 atom stereocenters. The van der Waals surface area contributed by atoms with Gasteiger partial charge in [-0.05, 0) is 49.7 Å². The predicted molar refractivity (Wildman–Crippen MR) is 165 cm³/mol. The maximum absolute atomic E-state index is 13.8. The van der Waals surface area contributed by atoms with Crippen molar-refractivity contribution in [2.45, 2.75) is 96.4 Å². The Morgan fingerprint density at radius 3 is 2.58 bits per heavy atom. The van der Waals surface area contributed by atoms with Crippen molar-refractivity contribution in [3.8, 4) is 0 Å². The Morgan fingerprint density at radius 2 is 1.88 bits per heavy atom. The van der Waals surface area contributed by atoms with Gasteiger partial charge >= 0.3 is 0 Å². The van der Waals surface area contributed by atoms with Gasteiger partial charge in [0.15, 0.2) is 0 Å². The van der Waals surface area contributed by atoms with E-state index < -0.39 is 18.1 Å². The number of aromatic amines is 1. The molecule has 4 rings (SSSR count). The summed E-state index contributed by atoms with van der Waals surface area (Å²) in [4.78, 5) is 51.7. The predicted octanol–water partition coefficient (Wildman–Crippen LogP) is 4.23. The van der Waals surface area contributed by atoms with Gasteiger partial charge in [0.05, 0.1) is 37.2 Å². The number of aromatic nitrogens is 1. The van der Waals surface area contributed by atoms with Crippen molar-refractivity contribution < 1.29 is 28.7 Å². The molecule has 10 heteroatoms. The second-order valence-electron chi connectivity index (χ2n) is 12.2. The zero-order valence-corrected chi connectivity index (χ0v) is 26.5. The summed E-state index contributed by atoms with van der Waals surface area (Å²) in [7, 11) is 3.25. The van der Waals surface area contributed by atoms with Gasteiger partial charge < -0.3 is 24.7 Å². The molecule has 0 aliphatic carbocycles. The topological polar surface area (TPSA) is 113 Å².